The van der Waals surface area contributed by atoms with Crippen LogP contribution in [-0.2, 0) is 43.0 Å². The molecule has 0 aromatic carbocycles. The summed E-state index contributed by atoms with van der Waals surface area (Å²) >= 11 is 0. The lowest BCUT2D eigenvalue weighted by Crippen LogP contribution is -2.34. The molecule has 0 fully saturated rings. The molecule has 132 valence electrons. The lowest BCUT2D eigenvalue weighted by Gasteiger charge is -2.22. The smallest absolute Gasteiger partial charge is 0.209 e. The summed E-state index contributed by atoms with van der Waals surface area (Å²) in [4.78, 5) is 0. The maximum atomic E-state index is 11.3. The molecule has 24 heavy (non-hydrogen) atoms. The molecule has 3 rings (SSSR count). The second kappa shape index (κ2) is 6.66. The Hall–Kier alpha value is -1.71. The summed E-state index contributed by atoms with van der Waals surface area (Å²) in [6.07, 6.45) is 5.60. The van der Waals surface area contributed by atoms with Gasteiger partial charge >= 0.3 is 0 Å². The standard InChI is InChI=1S/C15H23N5O3S/c1-10-11(8-17-20(10)2)7-16-12-4-5-15-13(6-12)14(19-23-15)9-18-24(3,21)22/h8,12,16,18H,4-7,9H2,1-3H3. The summed E-state index contributed by atoms with van der Waals surface area (Å²) in [5, 5.41) is 11.8. The van der Waals surface area contributed by atoms with Crippen LogP contribution in [0, 0.1) is 6.92 Å². The molecule has 1 aliphatic rings. The second-order valence-corrected chi connectivity index (χ2v) is 8.16. The van der Waals surface area contributed by atoms with Crippen molar-refractivity contribution >= 4 is 10.0 Å². The monoisotopic (exact) mass is 353 g/mol. The molecule has 2 aromatic heterocycles. The van der Waals surface area contributed by atoms with E-state index in [0.29, 0.717) is 11.7 Å². The molecule has 2 N–H and O–H groups in total. The molecule has 1 aliphatic carbocycles. The molecule has 1 unspecified atom stereocenters. The van der Waals surface area contributed by atoms with Crippen molar-refractivity contribution in [2.45, 2.75) is 45.3 Å². The Kier molecular flexibility index (Phi) is 4.75. The number of aryl methyl sites for hydroxylation is 2. The van der Waals surface area contributed by atoms with Crippen LogP contribution in [0.2, 0.25) is 0 Å². The van der Waals surface area contributed by atoms with Crippen molar-refractivity contribution < 1.29 is 12.9 Å². The molecular formula is C15H23N5O3S. The molecule has 2 aromatic rings. The molecule has 1 atom stereocenters. The third-order valence-corrected chi connectivity index (χ3v) is 5.21. The van der Waals surface area contributed by atoms with Crippen LogP contribution in [0.3, 0.4) is 0 Å². The van der Waals surface area contributed by atoms with Crippen molar-refractivity contribution in [1.29, 1.82) is 0 Å². The lowest BCUT2D eigenvalue weighted by atomic mass is 9.92. The minimum absolute atomic E-state index is 0.173. The van der Waals surface area contributed by atoms with E-state index in [1.807, 2.05) is 17.9 Å². The Bertz CT molecular complexity index is 824. The van der Waals surface area contributed by atoms with E-state index in [0.717, 1.165) is 49.1 Å². The molecule has 0 radical (unpaired) electrons. The first kappa shape index (κ1) is 17.1. The number of nitrogens with zero attached hydrogens (tertiary/aromatic N) is 3. The van der Waals surface area contributed by atoms with E-state index in [1.54, 1.807) is 0 Å². The van der Waals surface area contributed by atoms with Gasteiger partial charge in [-0.2, -0.15) is 5.10 Å². The molecule has 8 nitrogen and oxygen atoms in total. The second-order valence-electron chi connectivity index (χ2n) is 6.32. The summed E-state index contributed by atoms with van der Waals surface area (Å²) in [7, 11) is -1.31. The largest absolute Gasteiger partial charge is 0.361 e. The predicted octanol–water partition coefficient (Wildman–Crippen LogP) is 0.413. The van der Waals surface area contributed by atoms with Gasteiger partial charge in [0.15, 0.2) is 0 Å². The van der Waals surface area contributed by atoms with Crippen LogP contribution in [-0.4, -0.2) is 35.7 Å². The Balaban J connectivity index is 1.63. The van der Waals surface area contributed by atoms with Gasteiger partial charge < -0.3 is 9.84 Å². The minimum Gasteiger partial charge on any atom is -0.361 e. The highest BCUT2D eigenvalue weighted by Crippen LogP contribution is 2.25. The predicted molar refractivity (Wildman–Crippen MR) is 88.8 cm³/mol. The van der Waals surface area contributed by atoms with Crippen LogP contribution in [0.15, 0.2) is 10.7 Å². The molecule has 0 saturated carbocycles. The first-order valence-corrected chi connectivity index (χ1v) is 9.84. The summed E-state index contributed by atoms with van der Waals surface area (Å²) < 4.78 is 32.2. The topological polar surface area (TPSA) is 102 Å². The van der Waals surface area contributed by atoms with Crippen LogP contribution in [0.25, 0.3) is 0 Å². The van der Waals surface area contributed by atoms with Crippen LogP contribution in [0.4, 0.5) is 0 Å². The van der Waals surface area contributed by atoms with Crippen LogP contribution in [0.1, 0.15) is 34.7 Å². The Labute approximate surface area is 141 Å². The van der Waals surface area contributed by atoms with E-state index in [9.17, 15) is 8.42 Å². The third-order valence-electron chi connectivity index (χ3n) is 4.54. The Morgan fingerprint density at radius 1 is 1.42 bits per heavy atom. The van der Waals surface area contributed by atoms with E-state index in [1.165, 1.54) is 5.56 Å². The fourth-order valence-electron chi connectivity index (χ4n) is 2.95. The average molecular weight is 353 g/mol. The van der Waals surface area contributed by atoms with Crippen molar-refractivity contribution in [1.82, 2.24) is 25.0 Å². The van der Waals surface area contributed by atoms with Gasteiger partial charge in [0.1, 0.15) is 11.5 Å². The molecule has 0 amide bonds. The zero-order valence-electron chi connectivity index (χ0n) is 14.2. The van der Waals surface area contributed by atoms with Gasteiger partial charge in [0.25, 0.3) is 0 Å². The van der Waals surface area contributed by atoms with Gasteiger partial charge in [-0.05, 0) is 19.8 Å². The summed E-state index contributed by atoms with van der Waals surface area (Å²) in [6.45, 7) is 2.99. The van der Waals surface area contributed by atoms with E-state index < -0.39 is 10.0 Å². The fraction of sp³-hybridized carbons (Fsp3) is 0.600. The minimum atomic E-state index is -3.25. The molecule has 0 spiro atoms. The third kappa shape index (κ3) is 3.85. The maximum absolute atomic E-state index is 11.3. The first-order valence-electron chi connectivity index (χ1n) is 7.95. The highest BCUT2D eigenvalue weighted by Gasteiger charge is 2.25. The maximum Gasteiger partial charge on any atom is 0.209 e. The van der Waals surface area contributed by atoms with Crippen LogP contribution >= 0.6 is 0 Å². The van der Waals surface area contributed by atoms with Gasteiger partial charge in [0.2, 0.25) is 10.0 Å². The molecular weight excluding hydrogens is 330 g/mol. The number of fused-ring (bicyclic) bond motifs is 1. The van der Waals surface area contributed by atoms with Crippen molar-refractivity contribution in [3.63, 3.8) is 0 Å². The quantitative estimate of drug-likeness (QED) is 0.780. The lowest BCUT2D eigenvalue weighted by molar-refractivity contribution is 0.351. The number of hydrogen-bond donors (Lipinski definition) is 2. The van der Waals surface area contributed by atoms with Crippen molar-refractivity contribution in [3.8, 4) is 0 Å². The van der Waals surface area contributed by atoms with Crippen molar-refractivity contribution in [2.75, 3.05) is 6.26 Å². The van der Waals surface area contributed by atoms with Gasteiger partial charge in [0, 0.05) is 42.9 Å². The zero-order valence-corrected chi connectivity index (χ0v) is 15.0. The van der Waals surface area contributed by atoms with Gasteiger partial charge in [-0.1, -0.05) is 5.16 Å². The first-order chi connectivity index (χ1) is 11.3. The average Bonchev–Trinajstić information content (AvgIpc) is 3.07. The molecule has 0 saturated heterocycles. The highest BCUT2D eigenvalue weighted by molar-refractivity contribution is 7.88. The van der Waals surface area contributed by atoms with E-state index >= 15 is 0 Å². The van der Waals surface area contributed by atoms with Gasteiger partial charge in [-0.3, -0.25) is 4.68 Å². The van der Waals surface area contributed by atoms with E-state index in [2.05, 4.69) is 27.2 Å². The van der Waals surface area contributed by atoms with E-state index in [-0.39, 0.29) is 6.54 Å². The summed E-state index contributed by atoms with van der Waals surface area (Å²) in [6, 6.07) is 0.313. The number of sulfonamides is 1. The number of rotatable bonds is 6. The van der Waals surface area contributed by atoms with Gasteiger partial charge in [-0.15, -0.1) is 0 Å². The number of hydrogen-bond acceptors (Lipinski definition) is 6. The van der Waals surface area contributed by atoms with Crippen molar-refractivity contribution in [2.24, 2.45) is 7.05 Å². The van der Waals surface area contributed by atoms with Gasteiger partial charge in [-0.25, -0.2) is 13.1 Å². The van der Waals surface area contributed by atoms with Crippen molar-refractivity contribution in [3.05, 3.63) is 34.5 Å². The number of aromatic nitrogens is 3. The van der Waals surface area contributed by atoms with Gasteiger partial charge in [0.05, 0.1) is 19.0 Å². The molecule has 0 bridgehead atoms. The Morgan fingerprint density at radius 2 is 2.21 bits per heavy atom. The molecule has 9 heteroatoms. The summed E-state index contributed by atoms with van der Waals surface area (Å²) in [5.74, 6) is 0.871. The fourth-order valence-corrected chi connectivity index (χ4v) is 3.35. The zero-order chi connectivity index (χ0) is 17.3. The number of nitrogens with one attached hydrogen (secondary N) is 2. The normalized spacial score (nSPS) is 17.9. The van der Waals surface area contributed by atoms with Crippen LogP contribution in [0.5, 0.6) is 0 Å². The Morgan fingerprint density at radius 3 is 2.88 bits per heavy atom. The van der Waals surface area contributed by atoms with Crippen LogP contribution < -0.4 is 10.0 Å². The summed E-state index contributed by atoms with van der Waals surface area (Å²) in [5.41, 5.74) is 4.05. The van der Waals surface area contributed by atoms with E-state index in [4.69, 9.17) is 4.52 Å². The SMILES string of the molecule is Cc1c(CNC2CCc3onc(CNS(C)(=O)=O)c3C2)cnn1C. The molecule has 2 heterocycles. The highest BCUT2D eigenvalue weighted by atomic mass is 32.2. The molecule has 0 aliphatic heterocycles.